The Morgan fingerprint density at radius 2 is 1.92 bits per heavy atom. The van der Waals surface area contributed by atoms with Crippen LogP contribution in [0.15, 0.2) is 18.2 Å². The minimum Gasteiger partial charge on any atom is -0.381 e. The molecule has 0 radical (unpaired) electrons. The Morgan fingerprint density at radius 1 is 1.12 bits per heavy atom. The topological polar surface area (TPSA) is 60.8 Å². The van der Waals surface area contributed by atoms with Crippen LogP contribution in [0, 0.1) is 19.7 Å². The number of halogens is 2. The molecule has 0 spiro atoms. The minimum atomic E-state index is -0.441. The Balaban J connectivity index is 1.97. The molecule has 3 aromatic rings. The van der Waals surface area contributed by atoms with Gasteiger partial charge in [0.25, 0.3) is 0 Å². The number of nitrogens with zero attached hydrogens (tertiary/aromatic N) is 4. The third kappa shape index (κ3) is 3.15. The summed E-state index contributed by atoms with van der Waals surface area (Å²) < 4.78 is 20.2. The van der Waals surface area contributed by atoms with E-state index < -0.39 is 5.82 Å². The highest BCUT2D eigenvalue weighted by atomic mass is 35.5. The van der Waals surface area contributed by atoms with Crippen molar-refractivity contribution in [3.8, 4) is 11.3 Å². The number of aromatic nitrogens is 4. The Kier molecular flexibility index (Phi) is 4.54. The van der Waals surface area contributed by atoms with Crippen molar-refractivity contribution in [2.24, 2.45) is 0 Å². The quantitative estimate of drug-likeness (QED) is 0.667. The van der Waals surface area contributed by atoms with Crippen molar-refractivity contribution < 1.29 is 9.13 Å². The Bertz CT molecular complexity index is 989. The highest BCUT2D eigenvalue weighted by Crippen LogP contribution is 2.31. The van der Waals surface area contributed by atoms with Gasteiger partial charge in [-0.1, -0.05) is 11.6 Å². The molecule has 1 aliphatic rings. The Morgan fingerprint density at radius 3 is 2.65 bits per heavy atom. The van der Waals surface area contributed by atoms with Gasteiger partial charge in [-0.05, 0) is 44.9 Å². The highest BCUT2D eigenvalue weighted by molar-refractivity contribution is 6.30. The van der Waals surface area contributed by atoms with Gasteiger partial charge in [0, 0.05) is 23.1 Å². The molecular weight excluding hydrogens is 355 g/mol. The molecule has 134 valence electrons. The van der Waals surface area contributed by atoms with Gasteiger partial charge in [-0.25, -0.2) is 24.3 Å². The molecule has 0 aliphatic carbocycles. The molecular formula is C19H18ClFN4O. The van der Waals surface area contributed by atoms with E-state index in [0.717, 1.165) is 30.8 Å². The Labute approximate surface area is 155 Å². The van der Waals surface area contributed by atoms with Gasteiger partial charge in [-0.15, -0.1) is 0 Å². The summed E-state index contributed by atoms with van der Waals surface area (Å²) >= 11 is 5.90. The molecule has 1 fully saturated rings. The zero-order valence-corrected chi connectivity index (χ0v) is 15.3. The maximum absolute atomic E-state index is 14.6. The summed E-state index contributed by atoms with van der Waals surface area (Å²) in [5.74, 6) is 0.258. The fraction of sp³-hybridized carbons (Fsp3) is 0.368. The molecule has 1 atom stereocenters. The van der Waals surface area contributed by atoms with E-state index in [0.29, 0.717) is 39.9 Å². The van der Waals surface area contributed by atoms with Crippen LogP contribution in [0.5, 0.6) is 0 Å². The first-order valence-electron chi connectivity index (χ1n) is 8.59. The van der Waals surface area contributed by atoms with Crippen molar-refractivity contribution in [3.63, 3.8) is 0 Å². The highest BCUT2D eigenvalue weighted by Gasteiger charge is 2.23. The number of ether oxygens (including phenoxy) is 1. The summed E-state index contributed by atoms with van der Waals surface area (Å²) in [5.41, 5.74) is 3.33. The second-order valence-electron chi connectivity index (χ2n) is 6.54. The fourth-order valence-corrected chi connectivity index (χ4v) is 3.28. The lowest BCUT2D eigenvalue weighted by Gasteiger charge is -2.21. The van der Waals surface area contributed by atoms with E-state index >= 15 is 0 Å². The summed E-state index contributed by atoms with van der Waals surface area (Å²) in [6, 6.07) is 4.55. The summed E-state index contributed by atoms with van der Waals surface area (Å²) in [7, 11) is 0. The Hall–Kier alpha value is -2.18. The molecule has 1 aromatic carbocycles. The fourth-order valence-electron chi connectivity index (χ4n) is 3.13. The van der Waals surface area contributed by atoms with E-state index in [1.807, 2.05) is 13.8 Å². The van der Waals surface area contributed by atoms with Crippen LogP contribution in [0.3, 0.4) is 0 Å². The molecule has 0 saturated carbocycles. The average molecular weight is 373 g/mol. The van der Waals surface area contributed by atoms with Crippen LogP contribution in [0.25, 0.3) is 22.4 Å². The van der Waals surface area contributed by atoms with Crippen LogP contribution in [0.2, 0.25) is 5.02 Å². The van der Waals surface area contributed by atoms with E-state index in [1.54, 1.807) is 12.1 Å². The van der Waals surface area contributed by atoms with Crippen molar-refractivity contribution in [1.82, 2.24) is 19.9 Å². The monoisotopic (exact) mass is 372 g/mol. The average Bonchev–Trinajstić information content (AvgIpc) is 2.63. The van der Waals surface area contributed by atoms with Crippen LogP contribution in [0.1, 0.15) is 36.0 Å². The van der Waals surface area contributed by atoms with E-state index in [4.69, 9.17) is 16.3 Å². The summed E-state index contributed by atoms with van der Waals surface area (Å²) in [4.78, 5) is 18.4. The molecule has 4 rings (SSSR count). The van der Waals surface area contributed by atoms with Crippen LogP contribution in [-0.2, 0) is 4.74 Å². The van der Waals surface area contributed by atoms with E-state index in [1.165, 1.54) is 6.07 Å². The first-order valence-corrected chi connectivity index (χ1v) is 8.97. The lowest BCUT2D eigenvalue weighted by atomic mass is 10.0. The maximum atomic E-state index is 14.6. The van der Waals surface area contributed by atoms with E-state index in [-0.39, 0.29) is 5.92 Å². The first kappa shape index (κ1) is 17.2. The van der Waals surface area contributed by atoms with Gasteiger partial charge in [0.1, 0.15) is 22.9 Å². The molecule has 1 unspecified atom stereocenters. The molecule has 0 N–H and O–H groups in total. The van der Waals surface area contributed by atoms with Crippen LogP contribution >= 0.6 is 11.6 Å². The molecule has 1 saturated heterocycles. The molecule has 2 aromatic heterocycles. The van der Waals surface area contributed by atoms with Crippen molar-refractivity contribution in [3.05, 3.63) is 46.3 Å². The molecule has 0 amide bonds. The first-order chi connectivity index (χ1) is 12.5. The second kappa shape index (κ2) is 6.85. The second-order valence-corrected chi connectivity index (χ2v) is 6.97. The van der Waals surface area contributed by atoms with Crippen LogP contribution in [0.4, 0.5) is 4.39 Å². The minimum absolute atomic E-state index is 0.0747. The van der Waals surface area contributed by atoms with Crippen molar-refractivity contribution in [2.75, 3.05) is 13.2 Å². The summed E-state index contributed by atoms with van der Waals surface area (Å²) in [5, 5.41) is 0.337. The van der Waals surface area contributed by atoms with Crippen LogP contribution < -0.4 is 0 Å². The van der Waals surface area contributed by atoms with Gasteiger partial charge >= 0.3 is 0 Å². The molecule has 3 heterocycles. The number of benzene rings is 1. The van der Waals surface area contributed by atoms with Gasteiger partial charge in [-0.2, -0.15) is 0 Å². The van der Waals surface area contributed by atoms with E-state index in [9.17, 15) is 4.39 Å². The standard InChI is InChI=1S/C19H18ClFN4O/c1-10-11(2)23-19-17(22-10)16(14-6-5-13(20)8-15(14)21)24-18(25-19)12-4-3-7-26-9-12/h5-6,8,12H,3-4,7,9H2,1-2H3. The predicted molar refractivity (Wildman–Crippen MR) is 97.8 cm³/mol. The zero-order valence-electron chi connectivity index (χ0n) is 14.6. The summed E-state index contributed by atoms with van der Waals surface area (Å²) in [6.45, 7) is 5.07. The van der Waals surface area contributed by atoms with Gasteiger partial charge < -0.3 is 4.74 Å². The number of aryl methyl sites for hydroxylation is 2. The normalized spacial score (nSPS) is 17.6. The number of fused-ring (bicyclic) bond motifs is 1. The van der Waals surface area contributed by atoms with Gasteiger partial charge in [0.2, 0.25) is 0 Å². The molecule has 7 heteroatoms. The lowest BCUT2D eigenvalue weighted by Crippen LogP contribution is -2.18. The number of hydrogen-bond donors (Lipinski definition) is 0. The van der Waals surface area contributed by atoms with Gasteiger partial charge in [0.15, 0.2) is 5.65 Å². The lowest BCUT2D eigenvalue weighted by molar-refractivity contribution is 0.0782. The maximum Gasteiger partial charge on any atom is 0.182 e. The van der Waals surface area contributed by atoms with E-state index in [2.05, 4.69) is 19.9 Å². The van der Waals surface area contributed by atoms with Crippen molar-refractivity contribution >= 4 is 22.8 Å². The van der Waals surface area contributed by atoms with Gasteiger partial charge in [0.05, 0.1) is 18.0 Å². The van der Waals surface area contributed by atoms with Crippen molar-refractivity contribution in [1.29, 1.82) is 0 Å². The third-order valence-corrected chi connectivity index (χ3v) is 4.91. The smallest absolute Gasteiger partial charge is 0.182 e. The third-order valence-electron chi connectivity index (χ3n) is 4.67. The summed E-state index contributed by atoms with van der Waals surface area (Å²) in [6.07, 6.45) is 1.89. The zero-order chi connectivity index (χ0) is 18.3. The largest absolute Gasteiger partial charge is 0.381 e. The SMILES string of the molecule is Cc1nc2nc(C3CCCOC3)nc(-c3ccc(Cl)cc3F)c2nc1C. The predicted octanol–water partition coefficient (Wildman–Crippen LogP) is 4.39. The molecule has 1 aliphatic heterocycles. The number of hydrogen-bond acceptors (Lipinski definition) is 5. The molecule has 26 heavy (non-hydrogen) atoms. The number of rotatable bonds is 2. The van der Waals surface area contributed by atoms with Gasteiger partial charge in [-0.3, -0.25) is 0 Å². The molecule has 5 nitrogen and oxygen atoms in total. The van der Waals surface area contributed by atoms with Crippen molar-refractivity contribution in [2.45, 2.75) is 32.6 Å². The molecule has 0 bridgehead atoms. The van der Waals surface area contributed by atoms with Crippen LogP contribution in [-0.4, -0.2) is 33.1 Å².